The first kappa shape index (κ1) is 12.1. The van der Waals surface area contributed by atoms with Crippen LogP contribution in [0.3, 0.4) is 0 Å². The van der Waals surface area contributed by atoms with Crippen molar-refractivity contribution in [3.05, 3.63) is 30.1 Å². The Kier molecular flexibility index (Phi) is 3.88. The molecule has 1 atom stereocenters. The van der Waals surface area contributed by atoms with Crippen molar-refractivity contribution >= 4 is 0 Å². The third kappa shape index (κ3) is 3.28. The van der Waals surface area contributed by atoms with Gasteiger partial charge in [0.1, 0.15) is 0 Å². The molecule has 0 aromatic carbocycles. The molecule has 0 radical (unpaired) electrons. The maximum Gasteiger partial charge on any atom is 0.0635 e. The molecule has 1 aliphatic heterocycles. The summed E-state index contributed by atoms with van der Waals surface area (Å²) in [5, 5.41) is 3.60. The monoisotopic (exact) mass is 247 g/mol. The van der Waals surface area contributed by atoms with E-state index in [1.807, 2.05) is 18.5 Å². The van der Waals surface area contributed by atoms with Gasteiger partial charge in [-0.05, 0) is 24.5 Å². The summed E-state index contributed by atoms with van der Waals surface area (Å²) in [4.78, 5) is 6.70. The minimum atomic E-state index is 0.500. The highest BCUT2D eigenvalue weighted by Gasteiger charge is 2.26. The summed E-state index contributed by atoms with van der Waals surface area (Å²) in [6.45, 7) is 4.74. The summed E-state index contributed by atoms with van der Waals surface area (Å²) in [6.07, 6.45) is 6.47. The van der Waals surface area contributed by atoms with E-state index >= 15 is 0 Å². The van der Waals surface area contributed by atoms with Crippen LogP contribution in [0.4, 0.5) is 0 Å². The van der Waals surface area contributed by atoms with Gasteiger partial charge in [-0.3, -0.25) is 9.88 Å². The van der Waals surface area contributed by atoms with Crippen LogP contribution in [0.15, 0.2) is 24.5 Å². The number of rotatable bonds is 5. The Morgan fingerprint density at radius 1 is 1.44 bits per heavy atom. The Hall–Kier alpha value is -0.970. The van der Waals surface area contributed by atoms with E-state index in [1.54, 1.807) is 0 Å². The second-order valence-corrected chi connectivity index (χ2v) is 5.24. The fourth-order valence-corrected chi connectivity index (χ4v) is 2.40. The molecule has 1 aromatic heterocycles. The van der Waals surface area contributed by atoms with E-state index in [1.165, 1.54) is 18.4 Å². The highest BCUT2D eigenvalue weighted by molar-refractivity contribution is 5.08. The molecule has 2 heterocycles. The van der Waals surface area contributed by atoms with Gasteiger partial charge in [-0.25, -0.2) is 0 Å². The lowest BCUT2D eigenvalue weighted by atomic mass is 10.2. The van der Waals surface area contributed by atoms with Gasteiger partial charge >= 0.3 is 0 Å². The number of ether oxygens (including phenoxy) is 1. The number of nitrogens with one attached hydrogen (secondary N) is 1. The first-order valence-corrected chi connectivity index (χ1v) is 6.86. The second-order valence-electron chi connectivity index (χ2n) is 5.24. The summed E-state index contributed by atoms with van der Waals surface area (Å²) >= 11 is 0. The summed E-state index contributed by atoms with van der Waals surface area (Å²) in [7, 11) is 0. The Bertz CT molecular complexity index is 367. The molecule has 1 unspecified atom stereocenters. The summed E-state index contributed by atoms with van der Waals surface area (Å²) in [5.41, 5.74) is 1.29. The zero-order valence-electron chi connectivity index (χ0n) is 10.7. The van der Waals surface area contributed by atoms with Crippen molar-refractivity contribution in [2.24, 2.45) is 0 Å². The molecule has 98 valence electrons. The molecular formula is C14H21N3O. The predicted octanol–water partition coefficient (Wildman–Crippen LogP) is 1.03. The smallest absolute Gasteiger partial charge is 0.0635 e. The lowest BCUT2D eigenvalue weighted by molar-refractivity contribution is -0.0110. The van der Waals surface area contributed by atoms with Gasteiger partial charge in [0.2, 0.25) is 0 Å². The predicted molar refractivity (Wildman–Crippen MR) is 70.3 cm³/mol. The average Bonchev–Trinajstić information content (AvgIpc) is 3.23. The Labute approximate surface area is 108 Å². The molecular weight excluding hydrogens is 226 g/mol. The average molecular weight is 247 g/mol. The van der Waals surface area contributed by atoms with Gasteiger partial charge in [0.15, 0.2) is 0 Å². The molecule has 1 saturated carbocycles. The SMILES string of the molecule is c1cncc(CN2CCOCC2CNC2CC2)c1. The van der Waals surface area contributed by atoms with Gasteiger partial charge in [0.05, 0.1) is 13.2 Å². The minimum absolute atomic E-state index is 0.500. The third-order valence-electron chi connectivity index (χ3n) is 3.68. The first-order valence-electron chi connectivity index (χ1n) is 6.86. The molecule has 2 aliphatic rings. The Morgan fingerprint density at radius 3 is 3.17 bits per heavy atom. The van der Waals surface area contributed by atoms with Crippen LogP contribution in [0.1, 0.15) is 18.4 Å². The summed E-state index contributed by atoms with van der Waals surface area (Å²) in [5.74, 6) is 0. The van der Waals surface area contributed by atoms with Crippen molar-refractivity contribution in [2.45, 2.75) is 31.5 Å². The highest BCUT2D eigenvalue weighted by atomic mass is 16.5. The molecule has 4 nitrogen and oxygen atoms in total. The highest BCUT2D eigenvalue weighted by Crippen LogP contribution is 2.19. The van der Waals surface area contributed by atoms with Gasteiger partial charge in [-0.1, -0.05) is 6.07 Å². The maximum absolute atomic E-state index is 5.61. The normalized spacial score (nSPS) is 25.2. The molecule has 2 fully saturated rings. The fourth-order valence-electron chi connectivity index (χ4n) is 2.40. The van der Waals surface area contributed by atoms with Gasteiger partial charge < -0.3 is 10.1 Å². The molecule has 18 heavy (non-hydrogen) atoms. The lowest BCUT2D eigenvalue weighted by Crippen LogP contribution is -2.50. The van der Waals surface area contributed by atoms with Crippen LogP contribution in [0, 0.1) is 0 Å². The molecule has 1 N–H and O–H groups in total. The molecule has 3 rings (SSSR count). The van der Waals surface area contributed by atoms with Crippen molar-refractivity contribution in [3.63, 3.8) is 0 Å². The van der Waals surface area contributed by atoms with E-state index in [0.29, 0.717) is 6.04 Å². The van der Waals surface area contributed by atoms with E-state index < -0.39 is 0 Å². The van der Waals surface area contributed by atoms with Crippen LogP contribution < -0.4 is 5.32 Å². The van der Waals surface area contributed by atoms with Crippen molar-refractivity contribution < 1.29 is 4.74 Å². The molecule has 0 spiro atoms. The fraction of sp³-hybridized carbons (Fsp3) is 0.643. The number of nitrogens with zero attached hydrogens (tertiary/aromatic N) is 2. The van der Waals surface area contributed by atoms with Crippen LogP contribution in [0.25, 0.3) is 0 Å². The first-order chi connectivity index (χ1) is 8.92. The second kappa shape index (κ2) is 5.78. The van der Waals surface area contributed by atoms with E-state index in [0.717, 1.165) is 38.9 Å². The largest absolute Gasteiger partial charge is 0.378 e. The standard InChI is InChI=1S/C14H21N3O/c1-2-12(8-15-5-1)10-17-6-7-18-11-14(17)9-16-13-3-4-13/h1-2,5,8,13-14,16H,3-4,6-7,9-11H2. The zero-order valence-corrected chi connectivity index (χ0v) is 10.7. The third-order valence-corrected chi connectivity index (χ3v) is 3.68. The maximum atomic E-state index is 5.61. The molecule has 4 heteroatoms. The number of pyridine rings is 1. The van der Waals surface area contributed by atoms with E-state index in [2.05, 4.69) is 21.3 Å². The number of aromatic nitrogens is 1. The van der Waals surface area contributed by atoms with Gasteiger partial charge in [-0.2, -0.15) is 0 Å². The van der Waals surface area contributed by atoms with Gasteiger partial charge in [0.25, 0.3) is 0 Å². The van der Waals surface area contributed by atoms with Crippen LogP contribution in [0.5, 0.6) is 0 Å². The van der Waals surface area contributed by atoms with Crippen molar-refractivity contribution in [1.82, 2.24) is 15.2 Å². The van der Waals surface area contributed by atoms with Crippen LogP contribution in [-0.2, 0) is 11.3 Å². The van der Waals surface area contributed by atoms with Crippen molar-refractivity contribution in [1.29, 1.82) is 0 Å². The Morgan fingerprint density at radius 2 is 2.39 bits per heavy atom. The number of hydrogen-bond donors (Lipinski definition) is 1. The van der Waals surface area contributed by atoms with Crippen LogP contribution in [0.2, 0.25) is 0 Å². The molecule has 1 aromatic rings. The van der Waals surface area contributed by atoms with Gasteiger partial charge in [0, 0.05) is 44.1 Å². The van der Waals surface area contributed by atoms with E-state index in [9.17, 15) is 0 Å². The lowest BCUT2D eigenvalue weighted by Gasteiger charge is -2.35. The van der Waals surface area contributed by atoms with Crippen LogP contribution in [-0.4, -0.2) is 48.3 Å². The molecule has 1 saturated heterocycles. The van der Waals surface area contributed by atoms with E-state index in [4.69, 9.17) is 4.74 Å². The molecule has 1 aliphatic carbocycles. The number of morpholine rings is 1. The number of hydrogen-bond acceptors (Lipinski definition) is 4. The van der Waals surface area contributed by atoms with Crippen LogP contribution >= 0.6 is 0 Å². The molecule has 0 bridgehead atoms. The zero-order chi connectivity index (χ0) is 12.2. The topological polar surface area (TPSA) is 37.4 Å². The van der Waals surface area contributed by atoms with E-state index in [-0.39, 0.29) is 0 Å². The van der Waals surface area contributed by atoms with Crippen molar-refractivity contribution in [2.75, 3.05) is 26.3 Å². The Balaban J connectivity index is 1.56. The quantitative estimate of drug-likeness (QED) is 0.843. The summed E-state index contributed by atoms with van der Waals surface area (Å²) in [6, 6.07) is 5.42. The van der Waals surface area contributed by atoms with Crippen molar-refractivity contribution in [3.8, 4) is 0 Å². The summed E-state index contributed by atoms with van der Waals surface area (Å²) < 4.78 is 5.61. The molecule has 0 amide bonds. The van der Waals surface area contributed by atoms with Gasteiger partial charge in [-0.15, -0.1) is 0 Å². The minimum Gasteiger partial charge on any atom is -0.378 e.